The first kappa shape index (κ1) is 22.5. The summed E-state index contributed by atoms with van der Waals surface area (Å²) in [5.74, 6) is -1.55. The molecule has 0 aromatic rings. The van der Waals surface area contributed by atoms with Crippen LogP contribution in [-0.2, 0) is 30.5 Å². The number of rotatable bonds is 4. The maximum absolute atomic E-state index is 12.4. The van der Waals surface area contributed by atoms with E-state index in [1.807, 2.05) is 18.2 Å². The van der Waals surface area contributed by atoms with Gasteiger partial charge in [-0.05, 0) is 30.9 Å². The number of carbonyl (C=O) groups excluding carboxylic acids is 2. The first-order chi connectivity index (χ1) is 12.1. The van der Waals surface area contributed by atoms with Gasteiger partial charge in [-0.25, -0.2) is 8.42 Å². The van der Waals surface area contributed by atoms with Crippen molar-refractivity contribution in [1.82, 2.24) is 10.2 Å². The van der Waals surface area contributed by atoms with Gasteiger partial charge in [-0.2, -0.15) is 0 Å². The Morgan fingerprint density at radius 1 is 1.44 bits per heavy atom. The second-order valence-electron chi connectivity index (χ2n) is 6.32. The minimum Gasteiger partial charge on any atom is -0.743 e. The van der Waals surface area contributed by atoms with E-state index < -0.39 is 55.2 Å². The molecule has 0 bridgehead atoms. The Morgan fingerprint density at radius 3 is 2.67 bits per heavy atom. The SMILES string of the molecule is CC1=C(S(=O)(=O)[O-])N2C(=O)[C@@H](NC(=O)[C@H](N)C3=CCC=CC3)[C@H]2S(=O)C1.[Na+]. The van der Waals surface area contributed by atoms with E-state index in [4.69, 9.17) is 5.73 Å². The fourth-order valence-corrected chi connectivity index (χ4v) is 6.03. The molecule has 142 valence electrons. The first-order valence-corrected chi connectivity index (χ1v) is 10.7. The van der Waals surface area contributed by atoms with Crippen LogP contribution in [0.15, 0.2) is 34.4 Å². The Balaban J connectivity index is 0.00000261. The van der Waals surface area contributed by atoms with Gasteiger partial charge in [0.05, 0.1) is 10.8 Å². The van der Waals surface area contributed by atoms with Crippen LogP contribution < -0.4 is 40.6 Å². The van der Waals surface area contributed by atoms with Crippen molar-refractivity contribution in [1.29, 1.82) is 0 Å². The minimum absolute atomic E-state index is 0. The van der Waals surface area contributed by atoms with E-state index in [1.54, 1.807) is 0 Å². The molecule has 9 nitrogen and oxygen atoms in total. The maximum Gasteiger partial charge on any atom is 1.00 e. The zero-order valence-electron chi connectivity index (χ0n) is 14.9. The number of nitrogens with zero attached hydrogens (tertiary/aromatic N) is 1. The van der Waals surface area contributed by atoms with Gasteiger partial charge in [0.2, 0.25) is 5.91 Å². The second kappa shape index (κ2) is 8.27. The van der Waals surface area contributed by atoms with Crippen LogP contribution in [0.4, 0.5) is 0 Å². The van der Waals surface area contributed by atoms with Gasteiger partial charge in [-0.15, -0.1) is 0 Å². The van der Waals surface area contributed by atoms with Gasteiger partial charge >= 0.3 is 29.6 Å². The Hall–Kier alpha value is -0.820. The van der Waals surface area contributed by atoms with Gasteiger partial charge in [0.25, 0.3) is 5.91 Å². The van der Waals surface area contributed by atoms with Gasteiger partial charge in [-0.1, -0.05) is 18.2 Å². The Bertz CT molecular complexity index is 895. The monoisotopic (exact) mass is 423 g/mol. The maximum atomic E-state index is 12.4. The number of hydrogen-bond donors (Lipinski definition) is 2. The first-order valence-electron chi connectivity index (χ1n) is 7.88. The molecule has 0 aromatic carbocycles. The van der Waals surface area contributed by atoms with Crippen LogP contribution in [0.3, 0.4) is 0 Å². The molecule has 3 N–H and O–H groups in total. The molecule has 3 rings (SSSR count). The van der Waals surface area contributed by atoms with E-state index in [0.717, 1.165) is 4.90 Å². The van der Waals surface area contributed by atoms with Crippen LogP contribution in [0.1, 0.15) is 19.8 Å². The zero-order chi connectivity index (χ0) is 19.2. The van der Waals surface area contributed by atoms with Crippen LogP contribution in [0.5, 0.6) is 0 Å². The van der Waals surface area contributed by atoms with Gasteiger partial charge < -0.3 is 15.6 Å². The molecule has 2 aliphatic heterocycles. The Kier molecular flexibility index (Phi) is 6.89. The minimum atomic E-state index is -4.90. The quantitative estimate of drug-likeness (QED) is 0.201. The predicted octanol–water partition coefficient (Wildman–Crippen LogP) is -4.21. The third kappa shape index (κ3) is 4.14. The summed E-state index contributed by atoms with van der Waals surface area (Å²) in [6, 6.07) is -2.13. The number of carbonyl (C=O) groups is 2. The smallest absolute Gasteiger partial charge is 0.743 e. The van der Waals surface area contributed by atoms with E-state index in [9.17, 15) is 26.8 Å². The number of allylic oxidation sites excluding steroid dienone is 3. The van der Waals surface area contributed by atoms with Crippen molar-refractivity contribution in [3.63, 3.8) is 0 Å². The van der Waals surface area contributed by atoms with Gasteiger partial charge in [0.15, 0.2) is 0 Å². The fraction of sp³-hybridized carbons (Fsp3) is 0.467. The van der Waals surface area contributed by atoms with E-state index in [1.165, 1.54) is 6.92 Å². The number of β-lactam (4-membered cyclic amide) rings is 1. The average Bonchev–Trinajstić information content (AvgIpc) is 2.58. The number of hydrogen-bond acceptors (Lipinski definition) is 7. The molecule has 1 aliphatic carbocycles. The molecule has 4 atom stereocenters. The van der Waals surface area contributed by atoms with Crippen molar-refractivity contribution >= 4 is 32.7 Å². The van der Waals surface area contributed by atoms with Crippen LogP contribution in [0.2, 0.25) is 0 Å². The third-order valence-corrected chi connectivity index (χ3v) is 7.27. The standard InChI is InChI=1S/C15H19N3O6S2.Na/c1-8-7-25(21)14-11(13(20)18(14)15(8)26(22,23)24)17-12(19)10(16)9-5-3-2-4-6-9;/h2-3,6,10-11,14H,4-5,7,16H2,1H3,(H,17,19)(H,22,23,24);/q;+1/p-1/t10-,11-,14-,25?;/m1./s1. The summed E-state index contributed by atoms with van der Waals surface area (Å²) in [6.45, 7) is 1.34. The summed E-state index contributed by atoms with van der Waals surface area (Å²) in [5, 5.41) is 0.700. The molecule has 3 aliphatic rings. The molecule has 1 fully saturated rings. The normalized spacial score (nSPS) is 28.6. The van der Waals surface area contributed by atoms with Crippen molar-refractivity contribution in [2.24, 2.45) is 5.73 Å². The molecule has 1 saturated heterocycles. The molecular weight excluding hydrogens is 405 g/mol. The Morgan fingerprint density at radius 2 is 2.11 bits per heavy atom. The molecule has 2 heterocycles. The summed E-state index contributed by atoms with van der Waals surface area (Å²) in [6.07, 6.45) is 6.83. The third-order valence-electron chi connectivity index (χ3n) is 4.51. The van der Waals surface area contributed by atoms with E-state index >= 15 is 0 Å². The zero-order valence-corrected chi connectivity index (χ0v) is 18.5. The van der Waals surface area contributed by atoms with Crippen LogP contribution in [0, 0.1) is 0 Å². The average molecular weight is 423 g/mol. The van der Waals surface area contributed by atoms with Crippen LogP contribution in [0.25, 0.3) is 0 Å². The fourth-order valence-electron chi connectivity index (χ4n) is 3.27. The topological polar surface area (TPSA) is 150 Å². The van der Waals surface area contributed by atoms with Crippen LogP contribution in [-0.4, -0.2) is 57.1 Å². The number of fused-ring (bicyclic) bond motifs is 1. The van der Waals surface area contributed by atoms with Gasteiger partial charge in [-0.3, -0.25) is 18.7 Å². The molecule has 12 heteroatoms. The largest absolute Gasteiger partial charge is 1.00 e. The van der Waals surface area contributed by atoms with Crippen LogP contribution >= 0.6 is 0 Å². The molecule has 0 radical (unpaired) electrons. The van der Waals surface area contributed by atoms with E-state index in [0.29, 0.717) is 18.4 Å². The molecule has 0 saturated carbocycles. The molecular formula is C15H18N3NaO6S2. The summed E-state index contributed by atoms with van der Waals surface area (Å²) >= 11 is 0. The van der Waals surface area contributed by atoms with Gasteiger partial charge in [0, 0.05) is 5.75 Å². The van der Waals surface area contributed by atoms with Gasteiger partial charge in [0.1, 0.15) is 32.6 Å². The number of nitrogens with two attached hydrogens (primary N) is 1. The molecule has 2 amide bonds. The number of nitrogens with one attached hydrogen (secondary N) is 1. The van der Waals surface area contributed by atoms with E-state index in [-0.39, 0.29) is 40.9 Å². The molecule has 27 heavy (non-hydrogen) atoms. The van der Waals surface area contributed by atoms with Crippen molar-refractivity contribution < 1.29 is 56.3 Å². The summed E-state index contributed by atoms with van der Waals surface area (Å²) < 4.78 is 46.7. The predicted molar refractivity (Wildman–Crippen MR) is 92.4 cm³/mol. The van der Waals surface area contributed by atoms with Crippen molar-refractivity contribution in [3.8, 4) is 0 Å². The molecule has 0 aromatic heterocycles. The van der Waals surface area contributed by atoms with E-state index in [2.05, 4.69) is 5.32 Å². The van der Waals surface area contributed by atoms with Crippen molar-refractivity contribution in [2.75, 3.05) is 5.75 Å². The summed E-state index contributed by atoms with van der Waals surface area (Å²) in [4.78, 5) is 25.4. The van der Waals surface area contributed by atoms with Crippen molar-refractivity contribution in [3.05, 3.63) is 34.4 Å². The molecule has 0 spiro atoms. The number of amides is 2. The summed E-state index contributed by atoms with van der Waals surface area (Å²) in [5.41, 5.74) is 6.69. The van der Waals surface area contributed by atoms with Crippen molar-refractivity contribution in [2.45, 2.75) is 37.2 Å². The second-order valence-corrected chi connectivity index (χ2v) is 9.15. The summed E-state index contributed by atoms with van der Waals surface area (Å²) in [7, 11) is -6.54. The Labute approximate surface area is 181 Å². The molecule has 1 unspecified atom stereocenters.